The van der Waals surface area contributed by atoms with Crippen molar-refractivity contribution in [3.05, 3.63) is 59.7 Å². The van der Waals surface area contributed by atoms with Crippen molar-refractivity contribution in [1.29, 1.82) is 0 Å². The lowest BCUT2D eigenvalue weighted by Crippen LogP contribution is -2.03. The molecule has 0 radical (unpaired) electrons. The molecule has 4 nitrogen and oxygen atoms in total. The number of para-hydroxylation sites is 2. The highest BCUT2D eigenvalue weighted by Gasteiger charge is 2.04. The molecule has 0 aromatic heterocycles. The number of rotatable bonds is 7. The Hall–Kier alpha value is -2.62. The first-order valence-electron chi connectivity index (χ1n) is 6.41. The fourth-order valence-corrected chi connectivity index (χ4v) is 2.15. The molecule has 0 unspecified atom stereocenters. The Morgan fingerprint density at radius 3 is 1.50 bits per heavy atom. The highest BCUT2D eigenvalue weighted by Crippen LogP contribution is 2.20. The van der Waals surface area contributed by atoms with E-state index in [1.165, 1.54) is 0 Å². The van der Waals surface area contributed by atoms with E-state index in [1.54, 1.807) is 0 Å². The molecule has 0 spiro atoms. The fourth-order valence-electron chi connectivity index (χ4n) is 2.15. The van der Waals surface area contributed by atoms with Gasteiger partial charge in [0.15, 0.2) is 0 Å². The quantitative estimate of drug-likeness (QED) is 0.758. The normalized spacial score (nSPS) is 9.80. The van der Waals surface area contributed by atoms with Crippen LogP contribution >= 0.6 is 0 Å². The van der Waals surface area contributed by atoms with Crippen molar-refractivity contribution in [2.75, 3.05) is 10.6 Å². The van der Waals surface area contributed by atoms with E-state index in [0.717, 1.165) is 35.3 Å². The smallest absolute Gasteiger partial charge is 0.211 e. The molecular formula is C16H16N2O2. The van der Waals surface area contributed by atoms with Crippen molar-refractivity contribution >= 4 is 24.2 Å². The van der Waals surface area contributed by atoms with E-state index in [4.69, 9.17) is 0 Å². The van der Waals surface area contributed by atoms with Gasteiger partial charge in [-0.2, -0.15) is 0 Å². The second-order valence-corrected chi connectivity index (χ2v) is 4.34. The summed E-state index contributed by atoms with van der Waals surface area (Å²) in [5.74, 6) is 0. The van der Waals surface area contributed by atoms with E-state index in [9.17, 15) is 9.59 Å². The Bertz CT molecular complexity index is 543. The van der Waals surface area contributed by atoms with Gasteiger partial charge >= 0.3 is 0 Å². The second kappa shape index (κ2) is 7.09. The Labute approximate surface area is 117 Å². The van der Waals surface area contributed by atoms with Crippen LogP contribution in [0, 0.1) is 0 Å². The molecule has 0 aliphatic carbocycles. The van der Waals surface area contributed by atoms with E-state index in [0.29, 0.717) is 12.8 Å². The molecule has 20 heavy (non-hydrogen) atoms. The van der Waals surface area contributed by atoms with Crippen LogP contribution in [0.5, 0.6) is 0 Å². The number of carbonyl (C=O) groups excluding carboxylic acids is 2. The number of amides is 2. The van der Waals surface area contributed by atoms with Crippen molar-refractivity contribution in [2.24, 2.45) is 0 Å². The van der Waals surface area contributed by atoms with E-state index in [1.807, 2.05) is 48.5 Å². The number of aryl methyl sites for hydroxylation is 2. The summed E-state index contributed by atoms with van der Waals surface area (Å²) in [5, 5.41) is 5.40. The summed E-state index contributed by atoms with van der Waals surface area (Å²) >= 11 is 0. The van der Waals surface area contributed by atoms with Crippen LogP contribution in [0.15, 0.2) is 48.5 Å². The second-order valence-electron chi connectivity index (χ2n) is 4.34. The Kier molecular flexibility index (Phi) is 4.89. The van der Waals surface area contributed by atoms with Gasteiger partial charge in [-0.05, 0) is 36.1 Å². The van der Waals surface area contributed by atoms with Crippen LogP contribution in [0.1, 0.15) is 11.1 Å². The van der Waals surface area contributed by atoms with Crippen LogP contribution < -0.4 is 10.6 Å². The van der Waals surface area contributed by atoms with Gasteiger partial charge in [-0.3, -0.25) is 9.59 Å². The van der Waals surface area contributed by atoms with Crippen molar-refractivity contribution in [3.8, 4) is 0 Å². The summed E-state index contributed by atoms with van der Waals surface area (Å²) in [6.45, 7) is 0. The number of benzene rings is 2. The van der Waals surface area contributed by atoms with E-state index < -0.39 is 0 Å². The predicted molar refractivity (Wildman–Crippen MR) is 79.7 cm³/mol. The number of hydrogen-bond acceptors (Lipinski definition) is 2. The van der Waals surface area contributed by atoms with Crippen molar-refractivity contribution in [2.45, 2.75) is 12.8 Å². The number of carbonyl (C=O) groups is 2. The minimum Gasteiger partial charge on any atom is -0.328 e. The van der Waals surface area contributed by atoms with Crippen molar-refractivity contribution < 1.29 is 9.59 Å². The summed E-state index contributed by atoms with van der Waals surface area (Å²) in [7, 11) is 0. The maximum atomic E-state index is 10.6. The SMILES string of the molecule is O=CNc1ccccc1CCc1ccccc1NC=O. The maximum absolute atomic E-state index is 10.6. The molecule has 0 aliphatic heterocycles. The first-order valence-corrected chi connectivity index (χ1v) is 6.41. The Balaban J connectivity index is 2.12. The lowest BCUT2D eigenvalue weighted by molar-refractivity contribution is -0.106. The third-order valence-corrected chi connectivity index (χ3v) is 3.13. The Morgan fingerprint density at radius 1 is 0.700 bits per heavy atom. The lowest BCUT2D eigenvalue weighted by atomic mass is 10.0. The molecule has 2 aromatic rings. The molecule has 4 heteroatoms. The predicted octanol–water partition coefficient (Wildman–Crippen LogP) is 2.61. The summed E-state index contributed by atoms with van der Waals surface area (Å²) in [6, 6.07) is 15.4. The molecule has 0 saturated carbocycles. The molecule has 102 valence electrons. The summed E-state index contributed by atoms with van der Waals surface area (Å²) < 4.78 is 0. The molecule has 0 bridgehead atoms. The largest absolute Gasteiger partial charge is 0.328 e. The van der Waals surface area contributed by atoms with Crippen LogP contribution in [0.25, 0.3) is 0 Å². The zero-order chi connectivity index (χ0) is 14.2. The molecule has 0 heterocycles. The van der Waals surface area contributed by atoms with Gasteiger partial charge in [-0.25, -0.2) is 0 Å². The van der Waals surface area contributed by atoms with Crippen LogP contribution in [-0.2, 0) is 22.4 Å². The van der Waals surface area contributed by atoms with Crippen LogP contribution in [0.2, 0.25) is 0 Å². The van der Waals surface area contributed by atoms with Gasteiger partial charge < -0.3 is 10.6 Å². The van der Waals surface area contributed by atoms with Crippen LogP contribution in [0.3, 0.4) is 0 Å². The van der Waals surface area contributed by atoms with Gasteiger partial charge in [-0.15, -0.1) is 0 Å². The molecule has 2 aromatic carbocycles. The highest BCUT2D eigenvalue weighted by atomic mass is 16.1. The van der Waals surface area contributed by atoms with Gasteiger partial charge in [0.1, 0.15) is 0 Å². The topological polar surface area (TPSA) is 58.2 Å². The molecule has 0 aliphatic rings. The lowest BCUT2D eigenvalue weighted by Gasteiger charge is -2.10. The fraction of sp³-hybridized carbons (Fsp3) is 0.125. The van der Waals surface area contributed by atoms with Gasteiger partial charge in [0.25, 0.3) is 0 Å². The third-order valence-electron chi connectivity index (χ3n) is 3.13. The molecule has 2 N–H and O–H groups in total. The highest BCUT2D eigenvalue weighted by molar-refractivity contribution is 5.74. The minimum atomic E-state index is 0.681. The van der Waals surface area contributed by atoms with Gasteiger partial charge in [0.2, 0.25) is 12.8 Å². The summed E-state index contributed by atoms with van der Waals surface area (Å²) in [5.41, 5.74) is 3.78. The molecule has 0 saturated heterocycles. The van der Waals surface area contributed by atoms with Crippen molar-refractivity contribution in [3.63, 3.8) is 0 Å². The molecule has 0 atom stereocenters. The summed E-state index contributed by atoms with van der Waals surface area (Å²) in [6.07, 6.45) is 2.94. The standard InChI is InChI=1S/C16H16N2O2/c19-11-17-15-7-3-1-5-13(15)9-10-14-6-2-4-8-16(14)18-12-20/h1-8,11-12H,9-10H2,(H,17,19)(H,18,20). The monoisotopic (exact) mass is 268 g/mol. The van der Waals surface area contributed by atoms with Crippen LogP contribution in [0.4, 0.5) is 11.4 Å². The van der Waals surface area contributed by atoms with Gasteiger partial charge in [0.05, 0.1) is 0 Å². The van der Waals surface area contributed by atoms with Crippen molar-refractivity contribution in [1.82, 2.24) is 0 Å². The first kappa shape index (κ1) is 13.8. The zero-order valence-electron chi connectivity index (χ0n) is 11.0. The number of anilines is 2. The first-order chi connectivity index (χ1) is 9.85. The van der Waals surface area contributed by atoms with E-state index in [-0.39, 0.29) is 0 Å². The van der Waals surface area contributed by atoms with Gasteiger partial charge in [-0.1, -0.05) is 36.4 Å². The minimum absolute atomic E-state index is 0.681. The number of hydrogen-bond donors (Lipinski definition) is 2. The molecular weight excluding hydrogens is 252 g/mol. The summed E-state index contributed by atoms with van der Waals surface area (Å²) in [4.78, 5) is 21.2. The zero-order valence-corrected chi connectivity index (χ0v) is 11.0. The van der Waals surface area contributed by atoms with Gasteiger partial charge in [0, 0.05) is 11.4 Å². The third kappa shape index (κ3) is 3.45. The Morgan fingerprint density at radius 2 is 1.10 bits per heavy atom. The average molecular weight is 268 g/mol. The maximum Gasteiger partial charge on any atom is 0.211 e. The van der Waals surface area contributed by atoms with Crippen LogP contribution in [-0.4, -0.2) is 12.8 Å². The average Bonchev–Trinajstić information content (AvgIpc) is 2.48. The molecule has 2 amide bonds. The molecule has 0 fully saturated rings. The number of nitrogens with one attached hydrogen (secondary N) is 2. The van der Waals surface area contributed by atoms with E-state index >= 15 is 0 Å². The van der Waals surface area contributed by atoms with E-state index in [2.05, 4.69) is 10.6 Å². The molecule has 2 rings (SSSR count).